The summed E-state index contributed by atoms with van der Waals surface area (Å²) >= 11 is 0. The second-order valence-electron chi connectivity index (χ2n) is 4.79. The summed E-state index contributed by atoms with van der Waals surface area (Å²) in [4.78, 5) is 27.0. The molecule has 2 heterocycles. The second-order valence-corrected chi connectivity index (χ2v) is 4.79. The Hall–Kier alpha value is -1.30. The molecule has 0 spiro atoms. The number of hydrogen-bond acceptors (Lipinski definition) is 4. The highest BCUT2D eigenvalue weighted by molar-refractivity contribution is 5.76. The van der Waals surface area contributed by atoms with Crippen molar-refractivity contribution >= 4 is 12.0 Å². The summed E-state index contributed by atoms with van der Waals surface area (Å²) in [5, 5.41) is 2.78. The molecule has 1 atom stereocenters. The van der Waals surface area contributed by atoms with Crippen molar-refractivity contribution in [3.8, 4) is 0 Å². The second kappa shape index (κ2) is 6.04. The maximum Gasteiger partial charge on any atom is 0.323 e. The maximum atomic E-state index is 11.7. The predicted octanol–water partition coefficient (Wildman–Crippen LogP) is 0.0391. The lowest BCUT2D eigenvalue weighted by Gasteiger charge is -2.34. The number of esters is 1. The summed E-state index contributed by atoms with van der Waals surface area (Å²) < 4.78 is 4.84. The van der Waals surface area contributed by atoms with E-state index in [1.54, 1.807) is 4.90 Å². The van der Waals surface area contributed by atoms with Gasteiger partial charge in [0.2, 0.25) is 0 Å². The zero-order valence-electron chi connectivity index (χ0n) is 10.9. The quantitative estimate of drug-likeness (QED) is 0.720. The third-order valence-electron chi connectivity index (χ3n) is 3.69. The topological polar surface area (TPSA) is 61.9 Å². The van der Waals surface area contributed by atoms with E-state index in [4.69, 9.17) is 4.74 Å². The van der Waals surface area contributed by atoms with Gasteiger partial charge in [-0.15, -0.1) is 0 Å². The highest BCUT2D eigenvalue weighted by Crippen LogP contribution is 2.17. The molecule has 2 aliphatic heterocycles. The number of piperidine rings is 1. The van der Waals surface area contributed by atoms with Crippen LogP contribution >= 0.6 is 0 Å². The average molecular weight is 255 g/mol. The summed E-state index contributed by atoms with van der Waals surface area (Å²) in [6.45, 7) is 3.82. The molecule has 18 heavy (non-hydrogen) atoms. The van der Waals surface area contributed by atoms with Crippen molar-refractivity contribution in [3.05, 3.63) is 0 Å². The van der Waals surface area contributed by atoms with Gasteiger partial charge in [-0.1, -0.05) is 6.42 Å². The molecule has 2 fully saturated rings. The van der Waals surface area contributed by atoms with E-state index in [0.717, 1.165) is 45.4 Å². The molecule has 6 nitrogen and oxygen atoms in total. The first kappa shape index (κ1) is 13.1. The third kappa shape index (κ3) is 2.93. The molecular weight excluding hydrogens is 234 g/mol. The van der Waals surface area contributed by atoms with Crippen LogP contribution < -0.4 is 5.32 Å². The molecular formula is C12H21N3O3. The number of likely N-dealkylation sites (tertiary alicyclic amines) is 1. The van der Waals surface area contributed by atoms with Gasteiger partial charge in [-0.3, -0.25) is 9.69 Å². The van der Waals surface area contributed by atoms with E-state index in [1.807, 2.05) is 0 Å². The minimum Gasteiger partial charge on any atom is -0.468 e. The molecule has 0 bridgehead atoms. The van der Waals surface area contributed by atoms with Crippen LogP contribution in [-0.4, -0.2) is 67.7 Å². The smallest absolute Gasteiger partial charge is 0.323 e. The number of nitrogens with one attached hydrogen (secondary N) is 1. The molecule has 2 amide bonds. The first-order chi connectivity index (χ1) is 8.72. The molecule has 0 saturated carbocycles. The molecule has 0 aliphatic carbocycles. The minimum absolute atomic E-state index is 0.00151. The summed E-state index contributed by atoms with van der Waals surface area (Å²) in [5.41, 5.74) is 0. The number of carbonyl (C=O) groups is 2. The van der Waals surface area contributed by atoms with Crippen molar-refractivity contribution in [2.45, 2.75) is 25.3 Å². The fourth-order valence-corrected chi connectivity index (χ4v) is 2.64. The van der Waals surface area contributed by atoms with Crippen molar-refractivity contribution < 1.29 is 14.3 Å². The predicted molar refractivity (Wildman–Crippen MR) is 66.2 cm³/mol. The fourth-order valence-electron chi connectivity index (χ4n) is 2.64. The standard InChI is InChI=1S/C12H21N3O3/c1-18-11(16)10-4-2-3-6-14(10)8-9-15-7-5-13-12(15)17/h10H,2-9H2,1H3,(H,13,17). The number of carbonyl (C=O) groups excluding carboxylic acids is 2. The highest BCUT2D eigenvalue weighted by atomic mass is 16.5. The van der Waals surface area contributed by atoms with Crippen LogP contribution in [0.25, 0.3) is 0 Å². The van der Waals surface area contributed by atoms with Gasteiger partial charge in [0.15, 0.2) is 0 Å². The van der Waals surface area contributed by atoms with Crippen LogP contribution in [0.1, 0.15) is 19.3 Å². The first-order valence-electron chi connectivity index (χ1n) is 6.57. The molecule has 0 aromatic carbocycles. The molecule has 0 aromatic heterocycles. The zero-order valence-corrected chi connectivity index (χ0v) is 10.9. The Morgan fingerprint density at radius 1 is 1.39 bits per heavy atom. The van der Waals surface area contributed by atoms with Crippen molar-refractivity contribution in [1.29, 1.82) is 0 Å². The zero-order chi connectivity index (χ0) is 13.0. The Morgan fingerprint density at radius 3 is 2.89 bits per heavy atom. The summed E-state index contributed by atoms with van der Waals surface area (Å²) in [7, 11) is 1.43. The lowest BCUT2D eigenvalue weighted by Crippen LogP contribution is -2.48. The van der Waals surface area contributed by atoms with Gasteiger partial charge in [0.25, 0.3) is 0 Å². The van der Waals surface area contributed by atoms with Gasteiger partial charge < -0.3 is 15.0 Å². The van der Waals surface area contributed by atoms with Crippen molar-refractivity contribution in [2.75, 3.05) is 39.8 Å². The largest absolute Gasteiger partial charge is 0.468 e. The number of amides is 2. The molecule has 2 rings (SSSR count). The van der Waals surface area contributed by atoms with Crippen LogP contribution in [0, 0.1) is 0 Å². The Balaban J connectivity index is 1.85. The van der Waals surface area contributed by atoms with E-state index in [9.17, 15) is 9.59 Å². The number of methoxy groups -OCH3 is 1. The van der Waals surface area contributed by atoms with Crippen molar-refractivity contribution in [2.24, 2.45) is 0 Å². The minimum atomic E-state index is -0.152. The Kier molecular flexibility index (Phi) is 4.41. The molecule has 6 heteroatoms. The van der Waals surface area contributed by atoms with Crippen molar-refractivity contribution in [3.63, 3.8) is 0 Å². The highest BCUT2D eigenvalue weighted by Gasteiger charge is 2.30. The average Bonchev–Trinajstić information content (AvgIpc) is 2.81. The first-order valence-corrected chi connectivity index (χ1v) is 6.57. The molecule has 0 aromatic rings. The lowest BCUT2D eigenvalue weighted by molar-refractivity contribution is -0.148. The van der Waals surface area contributed by atoms with Gasteiger partial charge in [-0.25, -0.2) is 4.79 Å². The van der Waals surface area contributed by atoms with Crippen LogP contribution in [0.5, 0.6) is 0 Å². The lowest BCUT2D eigenvalue weighted by atomic mass is 10.0. The molecule has 102 valence electrons. The molecule has 1 unspecified atom stereocenters. The van der Waals surface area contributed by atoms with Gasteiger partial charge in [0.1, 0.15) is 6.04 Å². The molecule has 2 aliphatic rings. The van der Waals surface area contributed by atoms with Crippen LogP contribution in [0.4, 0.5) is 4.79 Å². The normalized spacial score (nSPS) is 25.1. The molecule has 0 radical (unpaired) electrons. The van der Waals surface area contributed by atoms with E-state index < -0.39 is 0 Å². The SMILES string of the molecule is COC(=O)C1CCCCN1CCN1CCNC1=O. The van der Waals surface area contributed by atoms with E-state index in [0.29, 0.717) is 6.54 Å². The van der Waals surface area contributed by atoms with E-state index in [1.165, 1.54) is 7.11 Å². The fraction of sp³-hybridized carbons (Fsp3) is 0.833. The van der Waals surface area contributed by atoms with Crippen LogP contribution in [0.3, 0.4) is 0 Å². The van der Waals surface area contributed by atoms with Crippen LogP contribution in [0.15, 0.2) is 0 Å². The van der Waals surface area contributed by atoms with Gasteiger partial charge in [0, 0.05) is 26.2 Å². The Labute approximate surface area is 107 Å². The molecule has 1 N–H and O–H groups in total. The number of ether oxygens (including phenoxy) is 1. The number of nitrogens with zero attached hydrogens (tertiary/aromatic N) is 2. The van der Waals surface area contributed by atoms with E-state index in [-0.39, 0.29) is 18.0 Å². The summed E-state index contributed by atoms with van der Waals surface area (Å²) in [6.07, 6.45) is 3.04. The van der Waals surface area contributed by atoms with Crippen LogP contribution in [-0.2, 0) is 9.53 Å². The van der Waals surface area contributed by atoms with E-state index in [2.05, 4.69) is 10.2 Å². The molecule has 2 saturated heterocycles. The van der Waals surface area contributed by atoms with Crippen molar-refractivity contribution in [1.82, 2.24) is 15.1 Å². The number of urea groups is 1. The third-order valence-corrected chi connectivity index (χ3v) is 3.69. The monoisotopic (exact) mass is 255 g/mol. The maximum absolute atomic E-state index is 11.7. The van der Waals surface area contributed by atoms with E-state index >= 15 is 0 Å². The van der Waals surface area contributed by atoms with Gasteiger partial charge in [-0.05, 0) is 19.4 Å². The number of rotatable bonds is 4. The number of hydrogen-bond donors (Lipinski definition) is 1. The van der Waals surface area contributed by atoms with Gasteiger partial charge >= 0.3 is 12.0 Å². The van der Waals surface area contributed by atoms with Gasteiger partial charge in [-0.2, -0.15) is 0 Å². The Bertz CT molecular complexity index is 322. The Morgan fingerprint density at radius 2 is 2.22 bits per heavy atom. The van der Waals surface area contributed by atoms with Gasteiger partial charge in [0.05, 0.1) is 7.11 Å². The van der Waals surface area contributed by atoms with Crippen LogP contribution in [0.2, 0.25) is 0 Å². The summed E-state index contributed by atoms with van der Waals surface area (Å²) in [6, 6.07) is -0.129. The summed E-state index contributed by atoms with van der Waals surface area (Å²) in [5.74, 6) is -0.152.